The highest BCUT2D eigenvalue weighted by Crippen LogP contribution is 2.31. The van der Waals surface area contributed by atoms with Gasteiger partial charge in [0.05, 0.1) is 0 Å². The van der Waals surface area contributed by atoms with E-state index in [9.17, 15) is 0 Å². The van der Waals surface area contributed by atoms with Crippen molar-refractivity contribution in [2.45, 2.75) is 27.7 Å². The number of hydrogen-bond donors (Lipinski definition) is 0. The predicted octanol–water partition coefficient (Wildman–Crippen LogP) is 4.18. The number of benzene rings is 1. The molecule has 1 nitrogen and oxygen atoms in total. The molecule has 0 unspecified atom stereocenters. The summed E-state index contributed by atoms with van der Waals surface area (Å²) in [5.74, 6) is 2.02. The quantitative estimate of drug-likeness (QED) is 0.673. The molecule has 0 spiro atoms. The third-order valence-corrected chi connectivity index (χ3v) is 2.90. The first-order valence-corrected chi connectivity index (χ1v) is 5.23. The number of furan rings is 1. The first-order valence-electron chi connectivity index (χ1n) is 5.23. The lowest BCUT2D eigenvalue weighted by atomic mass is 10.0. The summed E-state index contributed by atoms with van der Waals surface area (Å²) >= 11 is 0. The zero-order valence-electron chi connectivity index (χ0n) is 9.72. The fourth-order valence-corrected chi connectivity index (χ4v) is 1.94. The Bertz CT molecular complexity index is 475. The van der Waals surface area contributed by atoms with E-state index < -0.39 is 0 Å². The van der Waals surface area contributed by atoms with Crippen LogP contribution in [0, 0.1) is 27.7 Å². The normalized spacial score (nSPS) is 10.7. The second kappa shape index (κ2) is 3.58. The van der Waals surface area contributed by atoms with E-state index in [1.165, 1.54) is 22.3 Å². The van der Waals surface area contributed by atoms with Crippen LogP contribution in [-0.4, -0.2) is 0 Å². The van der Waals surface area contributed by atoms with Crippen molar-refractivity contribution in [2.24, 2.45) is 0 Å². The topological polar surface area (TPSA) is 13.1 Å². The van der Waals surface area contributed by atoms with Crippen LogP contribution >= 0.6 is 0 Å². The molecule has 1 heteroatoms. The van der Waals surface area contributed by atoms with Crippen molar-refractivity contribution in [1.29, 1.82) is 0 Å². The fourth-order valence-electron chi connectivity index (χ4n) is 1.94. The Morgan fingerprint density at radius 2 is 1.40 bits per heavy atom. The second-order valence-electron chi connectivity index (χ2n) is 4.08. The number of rotatable bonds is 1. The summed E-state index contributed by atoms with van der Waals surface area (Å²) in [6.07, 6.45) is 0. The van der Waals surface area contributed by atoms with E-state index in [2.05, 4.69) is 38.1 Å². The molecule has 0 bridgehead atoms. The van der Waals surface area contributed by atoms with Crippen LogP contribution in [-0.2, 0) is 0 Å². The number of hydrogen-bond acceptors (Lipinski definition) is 1. The Morgan fingerprint density at radius 3 is 1.87 bits per heavy atom. The summed E-state index contributed by atoms with van der Waals surface area (Å²) in [5.41, 5.74) is 5.02. The van der Waals surface area contributed by atoms with Crippen LogP contribution in [0.25, 0.3) is 11.1 Å². The standard InChI is InChI=1S/C14H16O/c1-9-5-7-13(8-6-9)14-10(2)11(3)15-12(14)4/h5-8H,1-4H3. The lowest BCUT2D eigenvalue weighted by Crippen LogP contribution is -1.82. The lowest BCUT2D eigenvalue weighted by Gasteiger charge is -2.01. The summed E-state index contributed by atoms with van der Waals surface area (Å²) < 4.78 is 5.63. The van der Waals surface area contributed by atoms with E-state index in [1.807, 2.05) is 13.8 Å². The van der Waals surface area contributed by atoms with Crippen LogP contribution in [0.3, 0.4) is 0 Å². The second-order valence-corrected chi connectivity index (χ2v) is 4.08. The van der Waals surface area contributed by atoms with E-state index in [0.717, 1.165) is 11.5 Å². The van der Waals surface area contributed by atoms with Crippen molar-refractivity contribution in [3.8, 4) is 11.1 Å². The Labute approximate surface area is 90.7 Å². The van der Waals surface area contributed by atoms with Crippen molar-refractivity contribution in [2.75, 3.05) is 0 Å². The molecule has 78 valence electrons. The van der Waals surface area contributed by atoms with Gasteiger partial charge in [0, 0.05) is 5.56 Å². The Kier molecular flexibility index (Phi) is 2.39. The van der Waals surface area contributed by atoms with Crippen molar-refractivity contribution < 1.29 is 4.42 Å². The summed E-state index contributed by atoms with van der Waals surface area (Å²) in [6.45, 7) is 8.25. The van der Waals surface area contributed by atoms with E-state index in [4.69, 9.17) is 4.42 Å². The predicted molar refractivity (Wildman–Crippen MR) is 63.1 cm³/mol. The van der Waals surface area contributed by atoms with Gasteiger partial charge in [-0.1, -0.05) is 29.8 Å². The molecular weight excluding hydrogens is 184 g/mol. The minimum atomic E-state index is 1.01. The largest absolute Gasteiger partial charge is 0.466 e. The zero-order chi connectivity index (χ0) is 11.0. The molecule has 0 fully saturated rings. The molecule has 1 heterocycles. The van der Waals surface area contributed by atoms with Gasteiger partial charge in [-0.2, -0.15) is 0 Å². The minimum Gasteiger partial charge on any atom is -0.466 e. The van der Waals surface area contributed by atoms with Gasteiger partial charge in [0.1, 0.15) is 11.5 Å². The van der Waals surface area contributed by atoms with Gasteiger partial charge in [0.15, 0.2) is 0 Å². The molecule has 1 aromatic heterocycles. The van der Waals surface area contributed by atoms with E-state index in [1.54, 1.807) is 0 Å². The average Bonchev–Trinajstić information content (AvgIpc) is 2.44. The van der Waals surface area contributed by atoms with Crippen LogP contribution in [0.1, 0.15) is 22.6 Å². The molecule has 2 rings (SSSR count). The van der Waals surface area contributed by atoms with Crippen LogP contribution in [0.5, 0.6) is 0 Å². The zero-order valence-corrected chi connectivity index (χ0v) is 9.72. The molecule has 0 aliphatic carbocycles. The molecule has 0 saturated carbocycles. The average molecular weight is 200 g/mol. The van der Waals surface area contributed by atoms with Gasteiger partial charge in [-0.15, -0.1) is 0 Å². The molecule has 15 heavy (non-hydrogen) atoms. The van der Waals surface area contributed by atoms with Gasteiger partial charge < -0.3 is 4.42 Å². The Balaban J connectivity index is 2.58. The van der Waals surface area contributed by atoms with Crippen LogP contribution < -0.4 is 0 Å². The van der Waals surface area contributed by atoms with Gasteiger partial charge in [-0.3, -0.25) is 0 Å². The smallest absolute Gasteiger partial charge is 0.109 e. The van der Waals surface area contributed by atoms with E-state index in [-0.39, 0.29) is 0 Å². The molecule has 0 aliphatic rings. The summed E-state index contributed by atoms with van der Waals surface area (Å²) in [4.78, 5) is 0. The van der Waals surface area contributed by atoms with Crippen molar-refractivity contribution in [1.82, 2.24) is 0 Å². The van der Waals surface area contributed by atoms with Gasteiger partial charge >= 0.3 is 0 Å². The van der Waals surface area contributed by atoms with E-state index >= 15 is 0 Å². The fraction of sp³-hybridized carbons (Fsp3) is 0.286. The van der Waals surface area contributed by atoms with Crippen molar-refractivity contribution in [3.63, 3.8) is 0 Å². The van der Waals surface area contributed by atoms with Crippen LogP contribution in [0.4, 0.5) is 0 Å². The highest BCUT2D eigenvalue weighted by Gasteiger charge is 2.12. The highest BCUT2D eigenvalue weighted by atomic mass is 16.3. The molecule has 0 amide bonds. The molecule has 0 radical (unpaired) electrons. The molecule has 0 aliphatic heterocycles. The van der Waals surface area contributed by atoms with E-state index in [0.29, 0.717) is 0 Å². The van der Waals surface area contributed by atoms with Gasteiger partial charge in [0.25, 0.3) is 0 Å². The first kappa shape index (κ1) is 10.0. The molecule has 2 aromatic rings. The van der Waals surface area contributed by atoms with Gasteiger partial charge in [-0.25, -0.2) is 0 Å². The van der Waals surface area contributed by atoms with Crippen molar-refractivity contribution in [3.05, 3.63) is 46.9 Å². The van der Waals surface area contributed by atoms with Crippen LogP contribution in [0.2, 0.25) is 0 Å². The maximum atomic E-state index is 5.63. The maximum Gasteiger partial charge on any atom is 0.109 e. The van der Waals surface area contributed by atoms with Crippen molar-refractivity contribution >= 4 is 0 Å². The number of aryl methyl sites for hydroxylation is 3. The highest BCUT2D eigenvalue weighted by molar-refractivity contribution is 5.70. The third-order valence-electron chi connectivity index (χ3n) is 2.90. The van der Waals surface area contributed by atoms with Crippen LogP contribution in [0.15, 0.2) is 28.7 Å². The minimum absolute atomic E-state index is 1.01. The summed E-state index contributed by atoms with van der Waals surface area (Å²) in [5, 5.41) is 0. The molecular formula is C14H16O. The SMILES string of the molecule is Cc1ccc(-c2c(C)oc(C)c2C)cc1. The monoisotopic (exact) mass is 200 g/mol. The van der Waals surface area contributed by atoms with Gasteiger partial charge in [-0.05, 0) is 38.8 Å². The molecule has 1 aromatic carbocycles. The lowest BCUT2D eigenvalue weighted by molar-refractivity contribution is 0.503. The molecule has 0 saturated heterocycles. The molecule has 0 N–H and O–H groups in total. The van der Waals surface area contributed by atoms with Gasteiger partial charge in [0.2, 0.25) is 0 Å². The summed E-state index contributed by atoms with van der Waals surface area (Å²) in [7, 11) is 0. The Hall–Kier alpha value is -1.50. The third kappa shape index (κ3) is 1.70. The first-order chi connectivity index (χ1) is 7.09. The molecule has 0 atom stereocenters. The maximum absolute atomic E-state index is 5.63. The Morgan fingerprint density at radius 1 is 0.800 bits per heavy atom. The summed E-state index contributed by atoms with van der Waals surface area (Å²) in [6, 6.07) is 8.58.